The Balaban J connectivity index is 1.38. The number of fused-ring (bicyclic) bond motifs is 1. The lowest BCUT2D eigenvalue weighted by Gasteiger charge is -2.37. The molecule has 1 aliphatic heterocycles. The second kappa shape index (κ2) is 6.76. The highest BCUT2D eigenvalue weighted by Gasteiger charge is 2.24. The van der Waals surface area contributed by atoms with Gasteiger partial charge in [0.15, 0.2) is 11.5 Å². The van der Waals surface area contributed by atoms with Gasteiger partial charge in [-0.1, -0.05) is 6.07 Å². The summed E-state index contributed by atoms with van der Waals surface area (Å²) >= 11 is 0. The standard InChI is InChI=1S/C18H23N7/c1-14-11-17(20-13-19-14)23(2)15-6-9-24(10-7-15)12-18-22-21-16-5-3-4-8-25(16)18/h3-5,8,11,13,15H,6-7,9-10,12H2,1-2H3. The lowest BCUT2D eigenvalue weighted by Crippen LogP contribution is -2.43. The summed E-state index contributed by atoms with van der Waals surface area (Å²) in [6, 6.07) is 8.56. The van der Waals surface area contributed by atoms with Gasteiger partial charge in [-0.3, -0.25) is 9.30 Å². The minimum Gasteiger partial charge on any atom is -0.356 e. The molecule has 7 nitrogen and oxygen atoms in total. The second-order valence-corrected chi connectivity index (χ2v) is 6.68. The number of aryl methyl sites for hydroxylation is 1. The number of pyridine rings is 1. The molecular weight excluding hydrogens is 314 g/mol. The third-order valence-corrected chi connectivity index (χ3v) is 5.00. The van der Waals surface area contributed by atoms with Gasteiger partial charge in [0.1, 0.15) is 12.1 Å². The molecule has 4 rings (SSSR count). The Labute approximate surface area is 147 Å². The number of piperidine rings is 1. The minimum atomic E-state index is 0.515. The Kier molecular flexibility index (Phi) is 4.31. The first-order valence-electron chi connectivity index (χ1n) is 8.73. The molecule has 3 aromatic rings. The molecule has 0 amide bonds. The summed E-state index contributed by atoms with van der Waals surface area (Å²) in [5.74, 6) is 2.02. The van der Waals surface area contributed by atoms with Crippen LogP contribution in [-0.4, -0.2) is 55.6 Å². The average Bonchev–Trinajstić information content (AvgIpc) is 3.05. The zero-order valence-electron chi connectivity index (χ0n) is 14.7. The first-order valence-corrected chi connectivity index (χ1v) is 8.73. The summed E-state index contributed by atoms with van der Waals surface area (Å²) in [7, 11) is 2.13. The fraction of sp³-hybridized carbons (Fsp3) is 0.444. The van der Waals surface area contributed by atoms with Crippen molar-refractivity contribution in [3.63, 3.8) is 0 Å². The van der Waals surface area contributed by atoms with E-state index in [1.807, 2.05) is 31.3 Å². The molecule has 0 aromatic carbocycles. The minimum absolute atomic E-state index is 0.515. The molecule has 0 spiro atoms. The first kappa shape index (κ1) is 16.0. The van der Waals surface area contributed by atoms with Crippen LogP contribution in [0.15, 0.2) is 36.8 Å². The SMILES string of the molecule is Cc1cc(N(C)C2CCN(Cc3nnc4ccccn34)CC2)ncn1. The van der Waals surface area contributed by atoms with Gasteiger partial charge < -0.3 is 4.90 Å². The Bertz CT molecular complexity index is 851. The number of likely N-dealkylation sites (tertiary alicyclic amines) is 1. The molecule has 0 bridgehead atoms. The van der Waals surface area contributed by atoms with Crippen LogP contribution in [0.25, 0.3) is 5.65 Å². The molecule has 7 heteroatoms. The van der Waals surface area contributed by atoms with E-state index in [1.54, 1.807) is 6.33 Å². The lowest BCUT2D eigenvalue weighted by atomic mass is 10.0. The molecule has 0 aliphatic carbocycles. The molecule has 0 saturated carbocycles. The van der Waals surface area contributed by atoms with Crippen LogP contribution in [0.2, 0.25) is 0 Å². The van der Waals surface area contributed by atoms with Crippen LogP contribution in [0.5, 0.6) is 0 Å². The van der Waals surface area contributed by atoms with E-state index in [0.717, 1.165) is 55.5 Å². The molecule has 4 heterocycles. The molecule has 25 heavy (non-hydrogen) atoms. The fourth-order valence-electron chi connectivity index (χ4n) is 3.48. The van der Waals surface area contributed by atoms with E-state index in [1.165, 1.54) is 0 Å². The summed E-state index contributed by atoms with van der Waals surface area (Å²) in [4.78, 5) is 13.3. The quantitative estimate of drug-likeness (QED) is 0.725. The van der Waals surface area contributed by atoms with E-state index < -0.39 is 0 Å². The summed E-state index contributed by atoms with van der Waals surface area (Å²) in [6.07, 6.45) is 5.92. The normalized spacial score (nSPS) is 16.4. The number of hydrogen-bond donors (Lipinski definition) is 0. The largest absolute Gasteiger partial charge is 0.356 e. The highest BCUT2D eigenvalue weighted by molar-refractivity contribution is 5.39. The monoisotopic (exact) mass is 337 g/mol. The Morgan fingerprint density at radius 2 is 2.00 bits per heavy atom. The lowest BCUT2D eigenvalue weighted by molar-refractivity contribution is 0.198. The first-order chi connectivity index (χ1) is 12.2. The topological polar surface area (TPSA) is 62.5 Å². The van der Waals surface area contributed by atoms with Crippen molar-refractivity contribution >= 4 is 11.5 Å². The smallest absolute Gasteiger partial charge is 0.160 e. The zero-order chi connectivity index (χ0) is 17.2. The number of rotatable bonds is 4. The maximum absolute atomic E-state index is 4.41. The molecule has 0 unspecified atom stereocenters. The van der Waals surface area contributed by atoms with Gasteiger partial charge in [0.05, 0.1) is 6.54 Å². The van der Waals surface area contributed by atoms with Gasteiger partial charge in [-0.15, -0.1) is 10.2 Å². The average molecular weight is 337 g/mol. The third-order valence-electron chi connectivity index (χ3n) is 5.00. The maximum Gasteiger partial charge on any atom is 0.160 e. The van der Waals surface area contributed by atoms with Crippen molar-refractivity contribution in [2.45, 2.75) is 32.4 Å². The molecule has 1 fully saturated rings. The molecule has 130 valence electrons. The summed E-state index contributed by atoms with van der Waals surface area (Å²) in [5, 5.41) is 8.58. The molecule has 1 saturated heterocycles. The molecule has 0 radical (unpaired) electrons. The third kappa shape index (κ3) is 3.32. The van der Waals surface area contributed by atoms with Crippen molar-refractivity contribution in [2.24, 2.45) is 0 Å². The molecule has 3 aromatic heterocycles. The molecular formula is C18H23N7. The number of nitrogens with zero attached hydrogens (tertiary/aromatic N) is 7. The van der Waals surface area contributed by atoms with Crippen LogP contribution >= 0.6 is 0 Å². The fourth-order valence-corrected chi connectivity index (χ4v) is 3.48. The molecule has 0 N–H and O–H groups in total. The van der Waals surface area contributed by atoms with Gasteiger partial charge in [-0.2, -0.15) is 0 Å². The van der Waals surface area contributed by atoms with E-state index in [0.29, 0.717) is 6.04 Å². The van der Waals surface area contributed by atoms with Gasteiger partial charge in [-0.05, 0) is 31.9 Å². The maximum atomic E-state index is 4.41. The van der Waals surface area contributed by atoms with Gasteiger partial charge in [0.2, 0.25) is 0 Å². The number of hydrogen-bond acceptors (Lipinski definition) is 6. The van der Waals surface area contributed by atoms with Crippen LogP contribution in [0.3, 0.4) is 0 Å². The van der Waals surface area contributed by atoms with Crippen molar-refractivity contribution in [3.8, 4) is 0 Å². The van der Waals surface area contributed by atoms with Crippen molar-refractivity contribution in [2.75, 3.05) is 25.0 Å². The molecule has 0 atom stereocenters. The van der Waals surface area contributed by atoms with Gasteiger partial charge in [-0.25, -0.2) is 9.97 Å². The van der Waals surface area contributed by atoms with Crippen LogP contribution < -0.4 is 4.90 Å². The van der Waals surface area contributed by atoms with Crippen molar-refractivity contribution in [1.29, 1.82) is 0 Å². The van der Waals surface area contributed by atoms with E-state index in [-0.39, 0.29) is 0 Å². The van der Waals surface area contributed by atoms with Crippen molar-refractivity contribution in [3.05, 3.63) is 48.3 Å². The van der Waals surface area contributed by atoms with E-state index in [9.17, 15) is 0 Å². The van der Waals surface area contributed by atoms with E-state index >= 15 is 0 Å². The number of anilines is 1. The van der Waals surface area contributed by atoms with Crippen LogP contribution in [0, 0.1) is 6.92 Å². The second-order valence-electron chi connectivity index (χ2n) is 6.68. The van der Waals surface area contributed by atoms with Crippen molar-refractivity contribution < 1.29 is 0 Å². The Morgan fingerprint density at radius 3 is 2.80 bits per heavy atom. The predicted molar refractivity (Wildman–Crippen MR) is 96.5 cm³/mol. The van der Waals surface area contributed by atoms with E-state index in [4.69, 9.17) is 0 Å². The Hall–Kier alpha value is -2.54. The summed E-state index contributed by atoms with van der Waals surface area (Å²) in [6.45, 7) is 4.96. The van der Waals surface area contributed by atoms with Crippen LogP contribution in [-0.2, 0) is 6.54 Å². The van der Waals surface area contributed by atoms with Gasteiger partial charge in [0.25, 0.3) is 0 Å². The highest BCUT2D eigenvalue weighted by Crippen LogP contribution is 2.21. The van der Waals surface area contributed by atoms with Gasteiger partial charge in [0, 0.05) is 44.1 Å². The van der Waals surface area contributed by atoms with Crippen LogP contribution in [0.1, 0.15) is 24.4 Å². The van der Waals surface area contributed by atoms with Crippen molar-refractivity contribution in [1.82, 2.24) is 29.5 Å². The van der Waals surface area contributed by atoms with Crippen LogP contribution in [0.4, 0.5) is 5.82 Å². The predicted octanol–water partition coefficient (Wildman–Crippen LogP) is 1.93. The summed E-state index contributed by atoms with van der Waals surface area (Å²) in [5.41, 5.74) is 1.92. The summed E-state index contributed by atoms with van der Waals surface area (Å²) < 4.78 is 2.07. The molecule has 1 aliphatic rings. The Morgan fingerprint density at radius 1 is 1.16 bits per heavy atom. The zero-order valence-corrected chi connectivity index (χ0v) is 14.7. The number of aromatic nitrogens is 5. The van der Waals surface area contributed by atoms with Gasteiger partial charge >= 0.3 is 0 Å². The van der Waals surface area contributed by atoms with E-state index in [2.05, 4.69) is 47.5 Å². The highest BCUT2D eigenvalue weighted by atomic mass is 15.3.